The third-order valence-corrected chi connectivity index (χ3v) is 5.76. The predicted octanol–water partition coefficient (Wildman–Crippen LogP) is -0.690. The van der Waals surface area contributed by atoms with Crippen molar-refractivity contribution in [3.63, 3.8) is 0 Å². The molecule has 0 saturated carbocycles. The van der Waals surface area contributed by atoms with Gasteiger partial charge in [0.15, 0.2) is 0 Å². The van der Waals surface area contributed by atoms with Crippen molar-refractivity contribution in [2.45, 2.75) is 30.9 Å². The first-order valence-corrected chi connectivity index (χ1v) is 10.5. The number of para-hydroxylation sites is 2. The van der Waals surface area contributed by atoms with Crippen LogP contribution in [-0.4, -0.2) is 46.7 Å². The van der Waals surface area contributed by atoms with Gasteiger partial charge in [-0.05, 0) is 24.9 Å². The number of rotatable bonds is 6. The van der Waals surface area contributed by atoms with Gasteiger partial charge >= 0.3 is 29.6 Å². The van der Waals surface area contributed by atoms with Crippen molar-refractivity contribution in [3.8, 4) is 5.75 Å². The summed E-state index contributed by atoms with van der Waals surface area (Å²) in [5, 5.41) is 0.332. The second kappa shape index (κ2) is 10.1. The van der Waals surface area contributed by atoms with Crippen LogP contribution in [0.2, 0.25) is 0 Å². The van der Waals surface area contributed by atoms with E-state index in [1.54, 1.807) is 6.20 Å². The van der Waals surface area contributed by atoms with Crippen molar-refractivity contribution in [2.24, 2.45) is 0 Å². The van der Waals surface area contributed by atoms with Crippen molar-refractivity contribution in [1.82, 2.24) is 15.0 Å². The summed E-state index contributed by atoms with van der Waals surface area (Å²) in [5.74, 6) is 0.992. The van der Waals surface area contributed by atoms with Gasteiger partial charge in [-0.15, -0.1) is 0 Å². The van der Waals surface area contributed by atoms with Gasteiger partial charge in [0, 0.05) is 22.5 Å². The Morgan fingerprint density at radius 3 is 2.86 bits per heavy atom. The van der Waals surface area contributed by atoms with Crippen LogP contribution in [0.3, 0.4) is 0 Å². The molecule has 2 atom stereocenters. The van der Waals surface area contributed by atoms with Crippen LogP contribution in [0, 0.1) is 13.8 Å². The molecule has 148 valence electrons. The molecule has 9 heteroatoms. The molecule has 1 aromatic carbocycles. The minimum atomic E-state index is -1.39. The third-order valence-electron chi connectivity index (χ3n) is 4.63. The van der Waals surface area contributed by atoms with Gasteiger partial charge < -0.3 is 24.2 Å². The molecular formula is C20H22N3NaO4S. The summed E-state index contributed by atoms with van der Waals surface area (Å²) in [7, 11) is -1.39. The van der Waals surface area contributed by atoms with E-state index in [1.165, 1.54) is 0 Å². The second-order valence-corrected chi connectivity index (χ2v) is 8.05. The largest absolute Gasteiger partial charge is 1.00 e. The maximum absolute atomic E-state index is 12.8. The summed E-state index contributed by atoms with van der Waals surface area (Å²) in [6.45, 7) is 6.02. The molecule has 2 unspecified atom stereocenters. The van der Waals surface area contributed by atoms with Crippen LogP contribution in [0.1, 0.15) is 16.8 Å². The minimum Gasteiger partial charge on any atom is -0.490 e. The Kier molecular flexibility index (Phi) is 7.84. The molecule has 0 N–H and O–H groups in total. The predicted molar refractivity (Wildman–Crippen MR) is 105 cm³/mol. The van der Waals surface area contributed by atoms with Gasteiger partial charge in [-0.2, -0.15) is 0 Å². The Hall–Kier alpha value is -1.29. The van der Waals surface area contributed by atoms with Crippen LogP contribution in [0.25, 0.3) is 11.0 Å². The van der Waals surface area contributed by atoms with Gasteiger partial charge in [0.25, 0.3) is 0 Å². The van der Waals surface area contributed by atoms with E-state index >= 15 is 0 Å². The number of ether oxygens (including phenoxy) is 3. The maximum Gasteiger partial charge on any atom is 1.00 e. The molecule has 3 aromatic rings. The van der Waals surface area contributed by atoms with Crippen molar-refractivity contribution >= 4 is 21.8 Å². The van der Waals surface area contributed by atoms with Crippen LogP contribution < -0.4 is 39.3 Å². The van der Waals surface area contributed by atoms with Gasteiger partial charge in [0.05, 0.1) is 42.1 Å². The van der Waals surface area contributed by atoms with Crippen LogP contribution >= 0.6 is 0 Å². The normalized spacial score (nSPS) is 17.7. The molecule has 1 saturated heterocycles. The van der Waals surface area contributed by atoms with E-state index in [1.807, 2.05) is 38.1 Å². The molecule has 1 fully saturated rings. The summed E-state index contributed by atoms with van der Waals surface area (Å²) in [6.07, 6.45) is 1.67. The fourth-order valence-electron chi connectivity index (χ4n) is 3.11. The summed E-state index contributed by atoms with van der Waals surface area (Å²) < 4.78 is 29.9. The zero-order valence-corrected chi connectivity index (χ0v) is 19.7. The fourth-order valence-corrected chi connectivity index (χ4v) is 4.18. The number of nitrogens with zero attached hydrogens (tertiary/aromatic N) is 3. The zero-order valence-electron chi connectivity index (χ0n) is 16.9. The molecule has 3 heterocycles. The number of hydrogen-bond donors (Lipinski definition) is 0. The molecule has 0 spiro atoms. The molecule has 0 aliphatic carbocycles. The van der Waals surface area contributed by atoms with E-state index in [4.69, 9.17) is 14.2 Å². The molecular weight excluding hydrogens is 401 g/mol. The first kappa shape index (κ1) is 22.4. The van der Waals surface area contributed by atoms with Crippen molar-refractivity contribution in [2.75, 3.05) is 26.4 Å². The van der Waals surface area contributed by atoms with Gasteiger partial charge in [-0.25, -0.2) is 0 Å². The van der Waals surface area contributed by atoms with E-state index in [-0.39, 0.29) is 41.4 Å². The zero-order chi connectivity index (χ0) is 19.5. The number of imidazole rings is 1. The molecule has 2 aromatic heterocycles. The minimum absolute atomic E-state index is 0. The monoisotopic (exact) mass is 423 g/mol. The van der Waals surface area contributed by atoms with E-state index in [0.29, 0.717) is 37.3 Å². The number of fused-ring (bicyclic) bond motifs is 1. The molecule has 1 aliphatic heterocycles. The number of pyridine rings is 1. The molecule has 1 aliphatic rings. The summed E-state index contributed by atoms with van der Waals surface area (Å²) in [6, 6.07) is 7.50. The Morgan fingerprint density at radius 2 is 2.10 bits per heavy atom. The molecule has 0 amide bonds. The standard InChI is InChI=1S/C20H22N3O4S.Na/c1-13-9-21-18(14(2)19(13)27-11-15-10-25-7-8-26-15)12-28(24)20-22-16-5-3-4-6-17(16)23-20;/h3-6,9,15H,7-8,10-12H2,1-2H3;/q-1;+1. The quantitative estimate of drug-likeness (QED) is 0.485. The first-order valence-electron chi connectivity index (χ1n) is 9.17. The van der Waals surface area contributed by atoms with Crippen molar-refractivity contribution in [1.29, 1.82) is 0 Å². The van der Waals surface area contributed by atoms with Gasteiger partial charge in [-0.1, -0.05) is 24.3 Å². The number of aryl methyl sites for hydroxylation is 1. The second-order valence-electron chi connectivity index (χ2n) is 6.71. The van der Waals surface area contributed by atoms with Gasteiger partial charge in [0.1, 0.15) is 18.5 Å². The van der Waals surface area contributed by atoms with E-state index < -0.39 is 10.8 Å². The summed E-state index contributed by atoms with van der Waals surface area (Å²) in [5.41, 5.74) is 4.02. The van der Waals surface area contributed by atoms with Crippen molar-refractivity contribution in [3.05, 3.63) is 47.3 Å². The topological polar surface area (TPSA) is 84.6 Å². The van der Waals surface area contributed by atoms with Gasteiger partial charge in [0.2, 0.25) is 0 Å². The summed E-state index contributed by atoms with van der Waals surface area (Å²) >= 11 is 0. The molecule has 0 radical (unpaired) electrons. The van der Waals surface area contributed by atoms with E-state index in [0.717, 1.165) is 27.9 Å². The Bertz CT molecular complexity index is 972. The third kappa shape index (κ3) is 5.25. The smallest absolute Gasteiger partial charge is 0.490 e. The fraction of sp³-hybridized carbons (Fsp3) is 0.400. The average Bonchev–Trinajstić information content (AvgIpc) is 3.15. The van der Waals surface area contributed by atoms with Crippen LogP contribution in [-0.2, 0) is 26.0 Å². The number of aromatic nitrogens is 3. The molecule has 29 heavy (non-hydrogen) atoms. The Balaban J connectivity index is 0.00000240. The average molecular weight is 423 g/mol. The molecule has 0 bridgehead atoms. The Morgan fingerprint density at radius 1 is 1.28 bits per heavy atom. The number of hydrogen-bond acceptors (Lipinski definition) is 6. The van der Waals surface area contributed by atoms with Crippen LogP contribution in [0.4, 0.5) is 0 Å². The van der Waals surface area contributed by atoms with Crippen molar-refractivity contribution < 1.29 is 48.0 Å². The molecule has 4 rings (SSSR count). The number of benzene rings is 1. The van der Waals surface area contributed by atoms with E-state index in [9.17, 15) is 4.21 Å². The maximum atomic E-state index is 12.8. The van der Waals surface area contributed by atoms with Crippen LogP contribution in [0.15, 0.2) is 35.6 Å². The van der Waals surface area contributed by atoms with Gasteiger partial charge in [-0.3, -0.25) is 9.19 Å². The molecule has 7 nitrogen and oxygen atoms in total. The van der Waals surface area contributed by atoms with E-state index in [2.05, 4.69) is 15.0 Å². The summed E-state index contributed by atoms with van der Waals surface area (Å²) in [4.78, 5) is 13.2. The Labute approximate surface area is 194 Å². The SMILES string of the molecule is Cc1cnc(CS(=O)c2nc3ccccc3[n-]2)c(C)c1OCC1COCCO1.[Na+]. The first-order chi connectivity index (χ1) is 13.6. The van der Waals surface area contributed by atoms with Crippen LogP contribution in [0.5, 0.6) is 5.75 Å².